The van der Waals surface area contributed by atoms with Crippen LogP contribution in [-0.2, 0) is 11.2 Å². The van der Waals surface area contributed by atoms with Crippen LogP contribution in [0.4, 0.5) is 34.5 Å². The molecule has 2 fully saturated rings. The molecule has 2 aliphatic heterocycles. The maximum absolute atomic E-state index is 12.1. The normalized spacial score (nSPS) is 15.6. The van der Waals surface area contributed by atoms with Gasteiger partial charge >= 0.3 is 0 Å². The second-order valence-electron chi connectivity index (χ2n) is 11.7. The lowest BCUT2D eigenvalue weighted by molar-refractivity contribution is -0.114. The Labute approximate surface area is 260 Å². The van der Waals surface area contributed by atoms with E-state index in [0.29, 0.717) is 18.2 Å². The Morgan fingerprint density at radius 3 is 2.30 bits per heavy atom. The Morgan fingerprint density at radius 2 is 1.52 bits per heavy atom. The highest BCUT2D eigenvalue weighted by molar-refractivity contribution is 5.91. The van der Waals surface area contributed by atoms with Crippen molar-refractivity contribution in [3.63, 3.8) is 0 Å². The average molecular weight is 588 g/mol. The number of allylic oxidation sites excluding steroid dienone is 1. The number of carbonyl (C=O) groups excluding carboxylic acids is 1. The Bertz CT molecular complexity index is 1590. The van der Waals surface area contributed by atoms with E-state index in [4.69, 9.17) is 9.97 Å². The minimum absolute atomic E-state index is 0.0110. The molecule has 1 aromatic heterocycles. The summed E-state index contributed by atoms with van der Waals surface area (Å²) in [6.07, 6.45) is 5.43. The van der Waals surface area contributed by atoms with Crippen molar-refractivity contribution in [2.75, 3.05) is 66.7 Å². The lowest BCUT2D eigenvalue weighted by Crippen LogP contribution is -2.44. The molecule has 8 nitrogen and oxygen atoms in total. The summed E-state index contributed by atoms with van der Waals surface area (Å²) >= 11 is 0. The van der Waals surface area contributed by atoms with Crippen LogP contribution in [-0.4, -0.2) is 67.0 Å². The molecule has 4 aromatic rings. The third-order valence-electron chi connectivity index (χ3n) is 8.39. The van der Waals surface area contributed by atoms with Gasteiger partial charge in [0.1, 0.15) is 5.82 Å². The van der Waals surface area contributed by atoms with E-state index in [1.54, 1.807) is 0 Å². The standard InChI is InChI=1S/C36H41N7O/c1-3-33(44)24-27-9-7-10-28(23-27)34-26-35(37-29-13-15-31(16-14-29)43-21-19-41(2)20-22-43)40-36(39-34)38-30-11-8-12-32(25-30)42-17-5-4-6-18-42/h3,7-16,23,25-26H,1,4-6,17-22,24H2,2H3,(H2,37,38,39,40). The zero-order valence-corrected chi connectivity index (χ0v) is 25.5. The molecule has 6 rings (SSSR count). The van der Waals surface area contributed by atoms with E-state index in [0.717, 1.165) is 67.5 Å². The molecule has 0 saturated carbocycles. The third-order valence-corrected chi connectivity index (χ3v) is 8.39. The minimum Gasteiger partial charge on any atom is -0.371 e. The van der Waals surface area contributed by atoms with Crippen molar-refractivity contribution in [2.45, 2.75) is 25.7 Å². The van der Waals surface area contributed by atoms with Crippen molar-refractivity contribution in [1.82, 2.24) is 14.9 Å². The number of nitrogens with one attached hydrogen (secondary N) is 2. The van der Waals surface area contributed by atoms with Crippen LogP contribution in [0.3, 0.4) is 0 Å². The molecule has 3 heterocycles. The van der Waals surface area contributed by atoms with Gasteiger partial charge in [-0.1, -0.05) is 30.8 Å². The predicted molar refractivity (Wildman–Crippen MR) is 182 cm³/mol. The Kier molecular flexibility index (Phi) is 9.17. The predicted octanol–water partition coefficient (Wildman–Crippen LogP) is 6.67. The highest BCUT2D eigenvalue weighted by Gasteiger charge is 2.15. The number of likely N-dealkylation sites (N-methyl/N-ethyl adjacent to an activating group) is 1. The van der Waals surface area contributed by atoms with Crippen molar-refractivity contribution in [2.24, 2.45) is 0 Å². The number of rotatable bonds is 10. The zero-order chi connectivity index (χ0) is 30.3. The molecule has 2 N–H and O–H groups in total. The molecule has 226 valence electrons. The van der Waals surface area contributed by atoms with Crippen LogP contribution in [0, 0.1) is 0 Å². The van der Waals surface area contributed by atoms with Gasteiger partial charge in [0, 0.05) is 80.1 Å². The van der Waals surface area contributed by atoms with Crippen LogP contribution in [0.15, 0.2) is 91.5 Å². The molecular weight excluding hydrogens is 546 g/mol. The Hall–Kier alpha value is -4.69. The summed E-state index contributed by atoms with van der Waals surface area (Å²) in [5.41, 5.74) is 6.94. The molecule has 2 saturated heterocycles. The van der Waals surface area contributed by atoms with Gasteiger partial charge in [-0.15, -0.1) is 0 Å². The first-order valence-corrected chi connectivity index (χ1v) is 15.6. The fourth-order valence-electron chi connectivity index (χ4n) is 5.86. The smallest absolute Gasteiger partial charge is 0.229 e. The number of piperazine rings is 1. The van der Waals surface area contributed by atoms with Gasteiger partial charge in [0.2, 0.25) is 5.95 Å². The Balaban J connectivity index is 1.28. The average Bonchev–Trinajstić information content (AvgIpc) is 3.06. The SMILES string of the molecule is C=CC(=O)Cc1cccc(-c2cc(Nc3ccc(N4CCN(C)CC4)cc3)nc(Nc3cccc(N4CCCCC4)c3)n2)c1. The van der Waals surface area contributed by atoms with Crippen molar-refractivity contribution in [3.8, 4) is 11.3 Å². The van der Waals surface area contributed by atoms with Crippen LogP contribution < -0.4 is 20.4 Å². The second kappa shape index (κ2) is 13.7. The zero-order valence-electron chi connectivity index (χ0n) is 25.5. The second-order valence-corrected chi connectivity index (χ2v) is 11.7. The fourth-order valence-corrected chi connectivity index (χ4v) is 5.86. The number of anilines is 6. The van der Waals surface area contributed by atoms with Crippen LogP contribution in [0.2, 0.25) is 0 Å². The van der Waals surface area contributed by atoms with Gasteiger partial charge in [-0.3, -0.25) is 4.79 Å². The summed E-state index contributed by atoms with van der Waals surface area (Å²) in [5.74, 6) is 1.18. The first-order valence-electron chi connectivity index (χ1n) is 15.6. The van der Waals surface area contributed by atoms with Crippen molar-refractivity contribution in [3.05, 3.63) is 97.1 Å². The van der Waals surface area contributed by atoms with Crippen molar-refractivity contribution >= 4 is 40.3 Å². The van der Waals surface area contributed by atoms with E-state index in [1.807, 2.05) is 30.3 Å². The van der Waals surface area contributed by atoms with E-state index in [2.05, 4.69) is 87.5 Å². The molecule has 0 amide bonds. The molecule has 2 aliphatic rings. The molecule has 0 spiro atoms. The van der Waals surface area contributed by atoms with E-state index in [1.165, 1.54) is 36.7 Å². The number of aromatic nitrogens is 2. The van der Waals surface area contributed by atoms with Crippen LogP contribution >= 0.6 is 0 Å². The van der Waals surface area contributed by atoms with Gasteiger partial charge in [-0.05, 0) is 86.5 Å². The molecule has 0 atom stereocenters. The van der Waals surface area contributed by atoms with E-state index in [-0.39, 0.29) is 5.78 Å². The highest BCUT2D eigenvalue weighted by atomic mass is 16.1. The quantitative estimate of drug-likeness (QED) is 0.199. The van der Waals surface area contributed by atoms with Gasteiger partial charge in [-0.2, -0.15) is 4.98 Å². The van der Waals surface area contributed by atoms with Crippen molar-refractivity contribution in [1.29, 1.82) is 0 Å². The molecule has 44 heavy (non-hydrogen) atoms. The van der Waals surface area contributed by atoms with E-state index in [9.17, 15) is 4.79 Å². The molecule has 8 heteroatoms. The maximum Gasteiger partial charge on any atom is 0.229 e. The van der Waals surface area contributed by atoms with Gasteiger partial charge in [0.15, 0.2) is 5.78 Å². The minimum atomic E-state index is -0.0110. The molecule has 0 bridgehead atoms. The summed E-state index contributed by atoms with van der Waals surface area (Å²) in [7, 11) is 2.17. The lowest BCUT2D eigenvalue weighted by Gasteiger charge is -2.34. The summed E-state index contributed by atoms with van der Waals surface area (Å²) in [6.45, 7) is 10.00. The number of nitrogens with zero attached hydrogens (tertiary/aromatic N) is 5. The molecule has 0 unspecified atom stereocenters. The molecular formula is C36H41N7O. The summed E-state index contributed by atoms with van der Waals surface area (Å²) in [6, 6.07) is 26.9. The third kappa shape index (κ3) is 7.44. The molecule has 0 aliphatic carbocycles. The number of ketones is 1. The largest absolute Gasteiger partial charge is 0.371 e. The van der Waals surface area contributed by atoms with Gasteiger partial charge < -0.3 is 25.3 Å². The van der Waals surface area contributed by atoms with Gasteiger partial charge in [0.25, 0.3) is 0 Å². The lowest BCUT2D eigenvalue weighted by atomic mass is 10.0. The molecule has 3 aromatic carbocycles. The summed E-state index contributed by atoms with van der Waals surface area (Å²) in [5, 5.41) is 6.97. The van der Waals surface area contributed by atoms with Crippen LogP contribution in [0.5, 0.6) is 0 Å². The first kappa shape index (κ1) is 29.4. The number of piperidine rings is 1. The topological polar surface area (TPSA) is 76.6 Å². The van der Waals surface area contributed by atoms with E-state index >= 15 is 0 Å². The van der Waals surface area contributed by atoms with Crippen LogP contribution in [0.1, 0.15) is 24.8 Å². The maximum atomic E-state index is 12.1. The van der Waals surface area contributed by atoms with Gasteiger partial charge in [-0.25, -0.2) is 4.98 Å². The Morgan fingerprint density at radius 1 is 0.773 bits per heavy atom. The monoisotopic (exact) mass is 587 g/mol. The first-order chi connectivity index (χ1) is 21.5. The highest BCUT2D eigenvalue weighted by Crippen LogP contribution is 2.29. The molecule has 0 radical (unpaired) electrons. The number of hydrogen-bond donors (Lipinski definition) is 2. The number of benzene rings is 3. The van der Waals surface area contributed by atoms with Gasteiger partial charge in [0.05, 0.1) is 5.69 Å². The van der Waals surface area contributed by atoms with E-state index < -0.39 is 0 Å². The fraction of sp³-hybridized carbons (Fsp3) is 0.306. The number of carbonyl (C=O) groups is 1. The summed E-state index contributed by atoms with van der Waals surface area (Å²) < 4.78 is 0. The van der Waals surface area contributed by atoms with Crippen molar-refractivity contribution < 1.29 is 4.79 Å². The van der Waals surface area contributed by atoms with Crippen LogP contribution in [0.25, 0.3) is 11.3 Å². The number of hydrogen-bond acceptors (Lipinski definition) is 8. The summed E-state index contributed by atoms with van der Waals surface area (Å²) in [4.78, 5) is 29.1.